The Labute approximate surface area is 164 Å². The molecule has 4 nitrogen and oxygen atoms in total. The molecule has 1 fully saturated rings. The molecule has 0 bridgehead atoms. The lowest BCUT2D eigenvalue weighted by Gasteiger charge is -2.16. The Morgan fingerprint density at radius 3 is 2.67 bits per heavy atom. The van der Waals surface area contributed by atoms with Crippen LogP contribution in [0.2, 0.25) is 0 Å². The molecule has 0 radical (unpaired) electrons. The highest BCUT2D eigenvalue weighted by atomic mass is 32.2. The summed E-state index contributed by atoms with van der Waals surface area (Å²) in [6.45, 7) is 4.25. The standard InChI is InChI=1S/C22H23N3OS/c1-15-7-6-10-19(16(15)2)25-20(17-8-4-3-5-9-17)13-23-22(25)27-14-21(26)24-18-11-12-18/h3-10,13,18H,11-12,14H2,1-2H3,(H,24,26). The van der Waals surface area contributed by atoms with Crippen molar-refractivity contribution in [3.8, 4) is 16.9 Å². The third-order valence-corrected chi connectivity index (χ3v) is 5.84. The van der Waals surface area contributed by atoms with E-state index in [0.29, 0.717) is 11.8 Å². The quantitative estimate of drug-likeness (QED) is 0.642. The van der Waals surface area contributed by atoms with Crippen LogP contribution in [0.5, 0.6) is 0 Å². The summed E-state index contributed by atoms with van der Waals surface area (Å²) >= 11 is 1.49. The van der Waals surface area contributed by atoms with E-state index in [1.807, 2.05) is 24.4 Å². The summed E-state index contributed by atoms with van der Waals surface area (Å²) in [6.07, 6.45) is 4.11. The van der Waals surface area contributed by atoms with Crippen LogP contribution in [0.1, 0.15) is 24.0 Å². The van der Waals surface area contributed by atoms with E-state index < -0.39 is 0 Å². The molecule has 27 heavy (non-hydrogen) atoms. The van der Waals surface area contributed by atoms with E-state index in [2.05, 4.69) is 59.0 Å². The highest BCUT2D eigenvalue weighted by Gasteiger charge is 2.24. The van der Waals surface area contributed by atoms with Gasteiger partial charge in [0.05, 0.1) is 23.3 Å². The summed E-state index contributed by atoms with van der Waals surface area (Å²) in [7, 11) is 0. The number of amides is 1. The highest BCUT2D eigenvalue weighted by Crippen LogP contribution is 2.32. The lowest BCUT2D eigenvalue weighted by Crippen LogP contribution is -2.27. The van der Waals surface area contributed by atoms with E-state index in [9.17, 15) is 4.79 Å². The fourth-order valence-electron chi connectivity index (χ4n) is 3.09. The van der Waals surface area contributed by atoms with Crippen molar-refractivity contribution in [2.24, 2.45) is 0 Å². The van der Waals surface area contributed by atoms with E-state index in [-0.39, 0.29) is 5.91 Å². The third-order valence-electron chi connectivity index (χ3n) is 4.89. The lowest BCUT2D eigenvalue weighted by atomic mass is 10.1. The fourth-order valence-corrected chi connectivity index (χ4v) is 3.88. The van der Waals surface area contributed by atoms with Crippen molar-refractivity contribution >= 4 is 17.7 Å². The molecule has 0 atom stereocenters. The monoisotopic (exact) mass is 377 g/mol. The van der Waals surface area contributed by atoms with Gasteiger partial charge in [-0.2, -0.15) is 0 Å². The average molecular weight is 378 g/mol. The molecule has 0 saturated heterocycles. The maximum atomic E-state index is 12.1. The second kappa shape index (κ2) is 7.61. The van der Waals surface area contributed by atoms with E-state index in [1.54, 1.807) is 0 Å². The Balaban J connectivity index is 1.71. The SMILES string of the molecule is Cc1cccc(-n2c(-c3ccccc3)cnc2SCC(=O)NC2CC2)c1C. The van der Waals surface area contributed by atoms with Crippen molar-refractivity contribution in [1.82, 2.24) is 14.9 Å². The van der Waals surface area contributed by atoms with E-state index >= 15 is 0 Å². The highest BCUT2D eigenvalue weighted by molar-refractivity contribution is 7.99. The Morgan fingerprint density at radius 1 is 1.15 bits per heavy atom. The van der Waals surface area contributed by atoms with E-state index in [4.69, 9.17) is 0 Å². The summed E-state index contributed by atoms with van der Waals surface area (Å²) in [5, 5.41) is 3.89. The van der Waals surface area contributed by atoms with E-state index in [1.165, 1.54) is 22.9 Å². The van der Waals surface area contributed by atoms with Crippen molar-refractivity contribution in [2.75, 3.05) is 5.75 Å². The topological polar surface area (TPSA) is 46.9 Å². The van der Waals surface area contributed by atoms with Gasteiger partial charge >= 0.3 is 0 Å². The second-order valence-corrected chi connectivity index (χ2v) is 7.92. The minimum atomic E-state index is 0.0827. The van der Waals surface area contributed by atoms with Crippen molar-refractivity contribution < 1.29 is 4.79 Å². The Hall–Kier alpha value is -2.53. The predicted octanol–water partition coefficient (Wildman–Crippen LogP) is 4.53. The molecule has 5 heteroatoms. The van der Waals surface area contributed by atoms with Crippen LogP contribution < -0.4 is 5.32 Å². The molecule has 1 saturated carbocycles. The zero-order chi connectivity index (χ0) is 18.8. The molecular formula is C22H23N3OS. The van der Waals surface area contributed by atoms with Gasteiger partial charge in [-0.15, -0.1) is 0 Å². The van der Waals surface area contributed by atoms with Crippen molar-refractivity contribution in [3.63, 3.8) is 0 Å². The molecule has 2 aromatic carbocycles. The third kappa shape index (κ3) is 3.93. The van der Waals surface area contributed by atoms with Gasteiger partial charge in [0.15, 0.2) is 5.16 Å². The van der Waals surface area contributed by atoms with Gasteiger partial charge in [-0.3, -0.25) is 9.36 Å². The predicted molar refractivity (Wildman–Crippen MR) is 110 cm³/mol. The van der Waals surface area contributed by atoms with Crippen LogP contribution in [0.4, 0.5) is 0 Å². The summed E-state index contributed by atoms with van der Waals surface area (Å²) in [6, 6.07) is 17.0. The minimum Gasteiger partial charge on any atom is -0.353 e. The van der Waals surface area contributed by atoms with Crippen LogP contribution in [0, 0.1) is 13.8 Å². The molecule has 1 aliphatic rings. The van der Waals surface area contributed by atoms with Gasteiger partial charge in [0, 0.05) is 11.6 Å². The average Bonchev–Trinajstić information content (AvgIpc) is 3.39. The van der Waals surface area contributed by atoms with Gasteiger partial charge in [-0.25, -0.2) is 4.98 Å². The molecule has 1 aromatic heterocycles. The maximum absolute atomic E-state index is 12.1. The number of benzene rings is 2. The fraction of sp³-hybridized carbons (Fsp3) is 0.273. The molecule has 3 aromatic rings. The normalized spacial score (nSPS) is 13.6. The number of nitrogens with zero attached hydrogens (tertiary/aromatic N) is 2. The van der Waals surface area contributed by atoms with Gasteiger partial charge in [0.25, 0.3) is 0 Å². The first-order valence-corrected chi connectivity index (χ1v) is 10.2. The molecule has 1 aliphatic carbocycles. The number of carbonyl (C=O) groups excluding carboxylic acids is 1. The first-order valence-electron chi connectivity index (χ1n) is 9.25. The number of imidazole rings is 1. The molecule has 1 amide bonds. The molecular weight excluding hydrogens is 354 g/mol. The summed E-state index contributed by atoms with van der Waals surface area (Å²) in [5.74, 6) is 0.464. The van der Waals surface area contributed by atoms with Crippen LogP contribution in [-0.4, -0.2) is 27.3 Å². The number of hydrogen-bond donors (Lipinski definition) is 1. The maximum Gasteiger partial charge on any atom is 0.230 e. The van der Waals surface area contributed by atoms with Gasteiger partial charge in [0.2, 0.25) is 5.91 Å². The summed E-state index contributed by atoms with van der Waals surface area (Å²) < 4.78 is 2.17. The van der Waals surface area contributed by atoms with Gasteiger partial charge in [-0.1, -0.05) is 54.2 Å². The smallest absolute Gasteiger partial charge is 0.230 e. The van der Waals surface area contributed by atoms with Crippen LogP contribution in [0.3, 0.4) is 0 Å². The molecule has 1 N–H and O–H groups in total. The van der Waals surface area contributed by atoms with E-state index in [0.717, 1.165) is 34.9 Å². The van der Waals surface area contributed by atoms with Gasteiger partial charge < -0.3 is 5.32 Å². The largest absolute Gasteiger partial charge is 0.353 e. The molecule has 1 heterocycles. The number of hydrogen-bond acceptors (Lipinski definition) is 3. The zero-order valence-electron chi connectivity index (χ0n) is 15.6. The first kappa shape index (κ1) is 17.9. The van der Waals surface area contributed by atoms with Crippen LogP contribution in [0.25, 0.3) is 16.9 Å². The van der Waals surface area contributed by atoms with Gasteiger partial charge in [-0.05, 0) is 43.9 Å². The number of thioether (sulfide) groups is 1. The Kier molecular flexibility index (Phi) is 5.03. The van der Waals surface area contributed by atoms with Crippen molar-refractivity contribution in [1.29, 1.82) is 0 Å². The summed E-state index contributed by atoms with van der Waals surface area (Å²) in [4.78, 5) is 16.8. The van der Waals surface area contributed by atoms with Crippen LogP contribution in [0.15, 0.2) is 59.9 Å². The number of aryl methyl sites for hydroxylation is 1. The number of aromatic nitrogens is 2. The van der Waals surface area contributed by atoms with Crippen LogP contribution in [-0.2, 0) is 4.79 Å². The van der Waals surface area contributed by atoms with Crippen LogP contribution >= 0.6 is 11.8 Å². The lowest BCUT2D eigenvalue weighted by molar-refractivity contribution is -0.118. The molecule has 138 valence electrons. The minimum absolute atomic E-state index is 0.0827. The van der Waals surface area contributed by atoms with Crippen molar-refractivity contribution in [2.45, 2.75) is 37.9 Å². The molecule has 0 unspecified atom stereocenters. The second-order valence-electron chi connectivity index (χ2n) is 6.98. The van der Waals surface area contributed by atoms with Gasteiger partial charge in [0.1, 0.15) is 0 Å². The number of carbonyl (C=O) groups is 1. The number of rotatable bonds is 6. The number of nitrogens with one attached hydrogen (secondary N) is 1. The van der Waals surface area contributed by atoms with Crippen molar-refractivity contribution in [3.05, 3.63) is 65.9 Å². The first-order chi connectivity index (χ1) is 13.1. The summed E-state index contributed by atoms with van der Waals surface area (Å²) in [5.41, 5.74) is 5.71. The Bertz CT molecular complexity index is 961. The molecule has 0 aliphatic heterocycles. The molecule has 4 rings (SSSR count). The Morgan fingerprint density at radius 2 is 1.93 bits per heavy atom. The zero-order valence-corrected chi connectivity index (χ0v) is 16.4. The molecule has 0 spiro atoms.